The zero-order valence-corrected chi connectivity index (χ0v) is 12.3. The van der Waals surface area contributed by atoms with Crippen LogP contribution >= 0.6 is 11.6 Å². The number of ketones is 1. The van der Waals surface area contributed by atoms with Crippen LogP contribution in [0, 0.1) is 5.92 Å². The average molecular weight is 299 g/mol. The number of hydrogen-bond donors (Lipinski definition) is 0. The van der Waals surface area contributed by atoms with Gasteiger partial charge in [-0.05, 0) is 42.7 Å². The van der Waals surface area contributed by atoms with Gasteiger partial charge in [0.2, 0.25) is 0 Å². The highest BCUT2D eigenvalue weighted by Gasteiger charge is 2.36. The van der Waals surface area contributed by atoms with Crippen molar-refractivity contribution in [1.29, 1.82) is 0 Å². The number of benzene rings is 1. The molecule has 106 valence electrons. The lowest BCUT2D eigenvalue weighted by Gasteiger charge is -2.41. The van der Waals surface area contributed by atoms with Gasteiger partial charge < -0.3 is 4.90 Å². The van der Waals surface area contributed by atoms with Crippen LogP contribution in [0.25, 0.3) is 17.0 Å². The molecule has 0 radical (unpaired) electrons. The number of pyridine rings is 1. The number of carbonyl (C=O) groups is 1. The first-order valence-electron chi connectivity index (χ1n) is 7.27. The third kappa shape index (κ3) is 2.12. The zero-order chi connectivity index (χ0) is 14.4. The number of allylic oxidation sites excluding steroid dienone is 1. The van der Waals surface area contributed by atoms with Gasteiger partial charge in [0.25, 0.3) is 0 Å². The van der Waals surface area contributed by atoms with Crippen LogP contribution in [0.1, 0.15) is 18.4 Å². The molecule has 0 spiro atoms. The van der Waals surface area contributed by atoms with Gasteiger partial charge in [0.1, 0.15) is 0 Å². The Kier molecular flexibility index (Phi) is 2.96. The van der Waals surface area contributed by atoms with Crippen molar-refractivity contribution in [2.24, 2.45) is 5.92 Å². The van der Waals surface area contributed by atoms with E-state index in [9.17, 15) is 4.79 Å². The summed E-state index contributed by atoms with van der Waals surface area (Å²) in [5, 5.41) is 1.71. The Hall–Kier alpha value is -1.87. The Morgan fingerprint density at radius 1 is 1.24 bits per heavy atom. The number of piperidine rings is 3. The Morgan fingerprint density at radius 3 is 2.81 bits per heavy atom. The van der Waals surface area contributed by atoms with Crippen molar-refractivity contribution in [1.82, 2.24) is 9.88 Å². The normalized spacial score (nSPS) is 20.7. The smallest absolute Gasteiger partial charge is 0.182 e. The van der Waals surface area contributed by atoms with Gasteiger partial charge in [-0.15, -0.1) is 0 Å². The molecule has 3 saturated heterocycles. The van der Waals surface area contributed by atoms with Crippen molar-refractivity contribution < 1.29 is 4.79 Å². The Morgan fingerprint density at radius 2 is 2.05 bits per heavy atom. The van der Waals surface area contributed by atoms with Crippen LogP contribution in [0.15, 0.2) is 36.2 Å². The van der Waals surface area contributed by atoms with Crippen molar-refractivity contribution >= 4 is 34.4 Å². The van der Waals surface area contributed by atoms with Crippen LogP contribution in [0.3, 0.4) is 0 Å². The first-order chi connectivity index (χ1) is 10.2. The average Bonchev–Trinajstić information content (AvgIpc) is 2.51. The second-order valence-corrected chi connectivity index (χ2v) is 6.15. The molecule has 3 aliphatic heterocycles. The number of hydrogen-bond acceptors (Lipinski definition) is 3. The molecule has 0 unspecified atom stereocenters. The molecule has 1 aromatic heterocycles. The van der Waals surface area contributed by atoms with E-state index < -0.39 is 0 Å². The van der Waals surface area contributed by atoms with Crippen LogP contribution in [-0.2, 0) is 4.79 Å². The fourth-order valence-corrected chi connectivity index (χ4v) is 3.49. The molecule has 4 heterocycles. The maximum Gasteiger partial charge on any atom is 0.182 e. The monoisotopic (exact) mass is 298 g/mol. The number of rotatable bonds is 1. The number of Topliss-reactive ketones (excluding diaryl/α,β-unsaturated/α-hetero) is 1. The minimum absolute atomic E-state index is 0.226. The van der Waals surface area contributed by atoms with Gasteiger partial charge in [0, 0.05) is 35.6 Å². The lowest BCUT2D eigenvalue weighted by Crippen LogP contribution is -2.45. The predicted octanol–water partition coefficient (Wildman–Crippen LogP) is 3.52. The van der Waals surface area contributed by atoms with Crippen molar-refractivity contribution in [3.8, 4) is 0 Å². The Labute approximate surface area is 128 Å². The molecular formula is C17H15ClN2O. The lowest BCUT2D eigenvalue weighted by molar-refractivity contribution is -0.125. The van der Waals surface area contributed by atoms with Gasteiger partial charge in [-0.1, -0.05) is 17.7 Å². The molecule has 0 atom stereocenters. The van der Waals surface area contributed by atoms with Crippen LogP contribution in [0.4, 0.5) is 0 Å². The van der Waals surface area contributed by atoms with Gasteiger partial charge >= 0.3 is 0 Å². The Bertz CT molecular complexity index is 760. The molecule has 5 rings (SSSR count). The summed E-state index contributed by atoms with van der Waals surface area (Å²) in [5.74, 6) is 0.523. The van der Waals surface area contributed by atoms with Gasteiger partial charge in [0.15, 0.2) is 5.78 Å². The topological polar surface area (TPSA) is 33.2 Å². The molecular weight excluding hydrogens is 284 g/mol. The van der Waals surface area contributed by atoms with Gasteiger partial charge in [0.05, 0.1) is 11.2 Å². The zero-order valence-electron chi connectivity index (χ0n) is 11.6. The van der Waals surface area contributed by atoms with Crippen LogP contribution in [0.5, 0.6) is 0 Å². The molecule has 2 aromatic rings. The molecule has 3 fully saturated rings. The molecule has 0 aliphatic carbocycles. The van der Waals surface area contributed by atoms with E-state index in [1.54, 1.807) is 6.20 Å². The third-order valence-corrected chi connectivity index (χ3v) is 4.72. The summed E-state index contributed by atoms with van der Waals surface area (Å²) in [5.41, 5.74) is 2.76. The van der Waals surface area contributed by atoms with Crippen LogP contribution in [-0.4, -0.2) is 28.8 Å². The lowest BCUT2D eigenvalue weighted by atomic mass is 9.84. The fourth-order valence-electron chi connectivity index (χ4n) is 3.33. The SMILES string of the molecule is O=C1/C(=C\c2ccnc3cc(Cl)ccc23)N2CCC1CC2. The molecule has 0 saturated carbocycles. The van der Waals surface area contributed by atoms with Crippen molar-refractivity contribution in [3.63, 3.8) is 0 Å². The molecule has 21 heavy (non-hydrogen) atoms. The minimum atomic E-state index is 0.226. The van der Waals surface area contributed by atoms with E-state index in [4.69, 9.17) is 11.6 Å². The first-order valence-corrected chi connectivity index (χ1v) is 7.65. The van der Waals surface area contributed by atoms with Gasteiger partial charge in [-0.2, -0.15) is 0 Å². The summed E-state index contributed by atoms with van der Waals surface area (Å²) in [6.45, 7) is 1.99. The second-order valence-electron chi connectivity index (χ2n) is 5.72. The summed E-state index contributed by atoms with van der Waals surface area (Å²) < 4.78 is 0. The molecule has 4 heteroatoms. The molecule has 2 bridgehead atoms. The predicted molar refractivity (Wildman–Crippen MR) is 84.0 cm³/mol. The van der Waals surface area contributed by atoms with Crippen molar-refractivity contribution in [3.05, 3.63) is 46.7 Å². The molecule has 3 nitrogen and oxygen atoms in total. The van der Waals surface area contributed by atoms with Crippen molar-refractivity contribution in [2.45, 2.75) is 12.8 Å². The minimum Gasteiger partial charge on any atom is -0.369 e. The van der Waals surface area contributed by atoms with E-state index in [0.29, 0.717) is 10.8 Å². The quantitative estimate of drug-likeness (QED) is 0.755. The molecule has 0 N–H and O–H groups in total. The number of aromatic nitrogens is 1. The van der Waals surface area contributed by atoms with E-state index >= 15 is 0 Å². The van der Waals surface area contributed by atoms with Crippen molar-refractivity contribution in [2.75, 3.05) is 13.1 Å². The number of carbonyl (C=O) groups excluding carboxylic acids is 1. The molecule has 0 amide bonds. The first kappa shape index (κ1) is 12.8. The maximum atomic E-state index is 12.4. The summed E-state index contributed by atoms with van der Waals surface area (Å²) in [7, 11) is 0. The highest BCUT2D eigenvalue weighted by molar-refractivity contribution is 6.31. The Balaban J connectivity index is 1.84. The summed E-state index contributed by atoms with van der Waals surface area (Å²) >= 11 is 6.02. The van der Waals surface area contributed by atoms with E-state index in [0.717, 1.165) is 48.1 Å². The number of halogens is 1. The summed E-state index contributed by atoms with van der Waals surface area (Å²) in [6, 6.07) is 7.65. The molecule has 1 aromatic carbocycles. The van der Waals surface area contributed by atoms with E-state index in [2.05, 4.69) is 9.88 Å². The number of fused-ring (bicyclic) bond motifs is 4. The largest absolute Gasteiger partial charge is 0.369 e. The van der Waals surface area contributed by atoms with E-state index in [1.807, 2.05) is 30.3 Å². The fraction of sp³-hybridized carbons (Fsp3) is 0.294. The third-order valence-electron chi connectivity index (χ3n) is 4.49. The van der Waals surface area contributed by atoms with E-state index in [1.165, 1.54) is 0 Å². The standard InChI is InChI=1S/C17H15ClN2O/c18-13-1-2-14-12(3-6-19-15(14)10-13)9-16-17(21)11-4-7-20(16)8-5-11/h1-3,6,9-11H,4-5,7-8H2/b16-9+. The summed E-state index contributed by atoms with van der Waals surface area (Å²) in [6.07, 6.45) is 5.79. The second kappa shape index (κ2) is 4.85. The summed E-state index contributed by atoms with van der Waals surface area (Å²) in [4.78, 5) is 19.0. The van der Waals surface area contributed by atoms with Gasteiger partial charge in [-0.25, -0.2) is 0 Å². The maximum absolute atomic E-state index is 12.4. The highest BCUT2D eigenvalue weighted by Crippen LogP contribution is 2.33. The van der Waals surface area contributed by atoms with E-state index in [-0.39, 0.29) is 5.92 Å². The van der Waals surface area contributed by atoms with Gasteiger partial charge in [-0.3, -0.25) is 9.78 Å². The van der Waals surface area contributed by atoms with Crippen LogP contribution in [0.2, 0.25) is 5.02 Å². The highest BCUT2D eigenvalue weighted by atomic mass is 35.5. The molecule has 3 aliphatic rings. The number of nitrogens with zero attached hydrogens (tertiary/aromatic N) is 2. The van der Waals surface area contributed by atoms with Crippen LogP contribution < -0.4 is 0 Å².